The topological polar surface area (TPSA) is 59.8 Å². The van der Waals surface area contributed by atoms with Crippen LogP contribution < -0.4 is 4.74 Å². The van der Waals surface area contributed by atoms with Crippen molar-refractivity contribution < 1.29 is 14.6 Å². The molecule has 37 heavy (non-hydrogen) atoms. The smallest absolute Gasteiger partial charge is 0.222 e. The summed E-state index contributed by atoms with van der Waals surface area (Å²) in [4.78, 5) is 2.24. The fraction of sp³-hybridized carbons (Fsp3) is 0.323. The number of ether oxygens (including phenoxy) is 2. The molecule has 3 aromatic carbocycles. The Labute approximate surface area is 220 Å². The van der Waals surface area contributed by atoms with Crippen LogP contribution in [0.25, 0.3) is 11.3 Å². The van der Waals surface area contributed by atoms with Crippen molar-refractivity contribution in [3.8, 4) is 22.9 Å². The second-order valence-electron chi connectivity index (χ2n) is 9.78. The Bertz CT molecular complexity index is 1210. The van der Waals surface area contributed by atoms with Gasteiger partial charge in [0, 0.05) is 38.9 Å². The minimum atomic E-state index is -0.613. The van der Waals surface area contributed by atoms with E-state index in [1.165, 1.54) is 5.56 Å². The van der Waals surface area contributed by atoms with Crippen LogP contribution in [0.1, 0.15) is 25.0 Å². The Balaban J connectivity index is 1.66. The van der Waals surface area contributed by atoms with Crippen molar-refractivity contribution >= 4 is 0 Å². The highest BCUT2D eigenvalue weighted by Gasteiger charge is 2.23. The summed E-state index contributed by atoms with van der Waals surface area (Å²) in [5, 5.41) is 15.7. The van der Waals surface area contributed by atoms with Crippen molar-refractivity contribution in [2.24, 2.45) is 13.0 Å². The highest BCUT2D eigenvalue weighted by molar-refractivity contribution is 5.65. The van der Waals surface area contributed by atoms with E-state index in [4.69, 9.17) is 14.6 Å². The molecule has 0 aliphatic carbocycles. The molecule has 6 nitrogen and oxygen atoms in total. The van der Waals surface area contributed by atoms with Gasteiger partial charge in [-0.1, -0.05) is 92.7 Å². The lowest BCUT2D eigenvalue weighted by molar-refractivity contribution is 0.00548. The quantitative estimate of drug-likeness (QED) is 0.248. The van der Waals surface area contributed by atoms with Crippen LogP contribution in [0.4, 0.5) is 0 Å². The molecule has 0 amide bonds. The minimum absolute atomic E-state index is 0.301. The van der Waals surface area contributed by atoms with Crippen LogP contribution in [0.5, 0.6) is 11.6 Å². The molecular formula is C31H37N3O3. The number of aliphatic hydroxyl groups excluding tert-OH is 1. The van der Waals surface area contributed by atoms with Gasteiger partial charge >= 0.3 is 0 Å². The lowest BCUT2D eigenvalue weighted by Crippen LogP contribution is -2.34. The number of hydrogen-bond donors (Lipinski definition) is 1. The first kappa shape index (κ1) is 26.6. The van der Waals surface area contributed by atoms with Gasteiger partial charge in [-0.3, -0.25) is 4.90 Å². The summed E-state index contributed by atoms with van der Waals surface area (Å²) in [6, 6.07) is 30.2. The van der Waals surface area contributed by atoms with Gasteiger partial charge in [0.1, 0.15) is 11.4 Å². The summed E-state index contributed by atoms with van der Waals surface area (Å²) in [6.07, 6.45) is -0.613. The maximum absolute atomic E-state index is 10.9. The number of benzene rings is 3. The molecule has 0 radical (unpaired) electrons. The van der Waals surface area contributed by atoms with Crippen LogP contribution in [-0.4, -0.2) is 45.6 Å². The molecule has 0 saturated heterocycles. The van der Waals surface area contributed by atoms with E-state index in [1.54, 1.807) is 4.68 Å². The van der Waals surface area contributed by atoms with Crippen molar-refractivity contribution in [1.29, 1.82) is 0 Å². The molecule has 0 aliphatic rings. The summed E-state index contributed by atoms with van der Waals surface area (Å²) in [6.45, 7) is 6.83. The van der Waals surface area contributed by atoms with Crippen molar-refractivity contribution in [2.75, 3.05) is 19.8 Å². The first-order valence-electron chi connectivity index (χ1n) is 12.9. The third-order valence-electron chi connectivity index (χ3n) is 5.95. The molecular weight excluding hydrogens is 462 g/mol. The molecule has 4 aromatic rings. The van der Waals surface area contributed by atoms with E-state index < -0.39 is 6.10 Å². The van der Waals surface area contributed by atoms with Gasteiger partial charge < -0.3 is 14.6 Å². The molecule has 0 fully saturated rings. The molecule has 0 unspecified atom stereocenters. The summed E-state index contributed by atoms with van der Waals surface area (Å²) < 4.78 is 13.9. The number of hydrogen-bond acceptors (Lipinski definition) is 5. The zero-order valence-electron chi connectivity index (χ0n) is 22.0. The van der Waals surface area contributed by atoms with Gasteiger partial charge in [0.15, 0.2) is 0 Å². The van der Waals surface area contributed by atoms with E-state index in [9.17, 15) is 5.11 Å². The Hall–Kier alpha value is -3.45. The summed E-state index contributed by atoms with van der Waals surface area (Å²) in [5.41, 5.74) is 4.05. The van der Waals surface area contributed by atoms with Crippen LogP contribution in [-0.2, 0) is 24.9 Å². The van der Waals surface area contributed by atoms with Gasteiger partial charge in [-0.2, -0.15) is 5.10 Å². The average molecular weight is 500 g/mol. The molecule has 6 heteroatoms. The molecule has 0 saturated carbocycles. The number of rotatable bonds is 13. The molecule has 1 atom stereocenters. The van der Waals surface area contributed by atoms with Crippen LogP contribution in [0, 0.1) is 5.92 Å². The van der Waals surface area contributed by atoms with Crippen molar-refractivity contribution in [3.63, 3.8) is 0 Å². The molecule has 194 valence electrons. The van der Waals surface area contributed by atoms with Crippen LogP contribution >= 0.6 is 0 Å². The van der Waals surface area contributed by atoms with Crippen LogP contribution in [0.15, 0.2) is 91.0 Å². The Morgan fingerprint density at radius 1 is 0.838 bits per heavy atom. The van der Waals surface area contributed by atoms with Crippen LogP contribution in [0.2, 0.25) is 0 Å². The monoisotopic (exact) mass is 499 g/mol. The third-order valence-corrected chi connectivity index (χ3v) is 5.95. The molecule has 0 spiro atoms. The number of para-hydroxylation sites is 1. The van der Waals surface area contributed by atoms with Gasteiger partial charge in [-0.25, -0.2) is 4.68 Å². The maximum Gasteiger partial charge on any atom is 0.222 e. The first-order chi connectivity index (χ1) is 18.0. The van der Waals surface area contributed by atoms with Crippen LogP contribution in [0.3, 0.4) is 0 Å². The fourth-order valence-corrected chi connectivity index (χ4v) is 4.29. The first-order valence-corrected chi connectivity index (χ1v) is 12.9. The highest BCUT2D eigenvalue weighted by Crippen LogP contribution is 2.34. The summed E-state index contributed by atoms with van der Waals surface area (Å²) in [5.74, 6) is 1.87. The molecule has 0 aliphatic heterocycles. The normalized spacial score (nSPS) is 12.3. The van der Waals surface area contributed by atoms with E-state index in [1.807, 2.05) is 73.8 Å². The summed E-state index contributed by atoms with van der Waals surface area (Å²) >= 11 is 0. The van der Waals surface area contributed by atoms with Crippen molar-refractivity contribution in [3.05, 3.63) is 102 Å². The third kappa shape index (κ3) is 7.76. The SMILES string of the molecule is CC(C)COC[C@H](O)CN(Cc1ccccc1)Cc1c(-c2ccccc2)nn(C)c1Oc1ccccc1. The van der Waals surface area contributed by atoms with Crippen molar-refractivity contribution in [1.82, 2.24) is 14.7 Å². The zero-order valence-corrected chi connectivity index (χ0v) is 22.0. The average Bonchev–Trinajstić information content (AvgIpc) is 3.20. The molecule has 1 heterocycles. The number of aryl methyl sites for hydroxylation is 1. The lowest BCUT2D eigenvalue weighted by Gasteiger charge is -2.26. The molecule has 0 bridgehead atoms. The maximum atomic E-state index is 10.9. The lowest BCUT2D eigenvalue weighted by atomic mass is 10.1. The van der Waals surface area contributed by atoms with Gasteiger partial charge in [0.05, 0.1) is 18.3 Å². The van der Waals surface area contributed by atoms with E-state index >= 15 is 0 Å². The Morgan fingerprint density at radius 3 is 2.11 bits per heavy atom. The van der Waals surface area contributed by atoms with Gasteiger partial charge in [0.2, 0.25) is 5.88 Å². The van der Waals surface area contributed by atoms with Gasteiger partial charge in [-0.15, -0.1) is 0 Å². The predicted molar refractivity (Wildman–Crippen MR) is 147 cm³/mol. The number of aromatic nitrogens is 2. The Morgan fingerprint density at radius 2 is 1.46 bits per heavy atom. The van der Waals surface area contributed by atoms with E-state index in [0.29, 0.717) is 44.6 Å². The number of aliphatic hydroxyl groups is 1. The molecule has 1 aromatic heterocycles. The van der Waals surface area contributed by atoms with Gasteiger partial charge in [0.25, 0.3) is 0 Å². The predicted octanol–water partition coefficient (Wildman–Crippen LogP) is 5.92. The minimum Gasteiger partial charge on any atom is -0.439 e. The van der Waals surface area contributed by atoms with E-state index in [-0.39, 0.29) is 0 Å². The summed E-state index contributed by atoms with van der Waals surface area (Å²) in [7, 11) is 1.91. The van der Waals surface area contributed by atoms with E-state index in [0.717, 1.165) is 22.6 Å². The fourth-order valence-electron chi connectivity index (χ4n) is 4.29. The molecule has 1 N–H and O–H groups in total. The second kappa shape index (κ2) is 13.2. The standard InChI is InChI=1S/C31H37N3O3/c1-24(2)22-36-23-27(35)20-34(19-25-13-7-4-8-14-25)21-29-30(26-15-9-5-10-16-26)32-33(3)31(29)37-28-17-11-6-12-18-28/h4-18,24,27,35H,19-23H2,1-3H3/t27-/m1/s1. The Kier molecular flexibility index (Phi) is 9.49. The molecule has 4 rings (SSSR count). The van der Waals surface area contributed by atoms with Crippen molar-refractivity contribution in [2.45, 2.75) is 33.0 Å². The van der Waals surface area contributed by atoms with E-state index in [2.05, 4.69) is 43.0 Å². The number of nitrogens with zero attached hydrogens (tertiary/aromatic N) is 3. The van der Waals surface area contributed by atoms with Gasteiger partial charge in [-0.05, 0) is 23.6 Å². The highest BCUT2D eigenvalue weighted by atomic mass is 16.5. The largest absolute Gasteiger partial charge is 0.439 e. The zero-order chi connectivity index (χ0) is 26.0. The second-order valence-corrected chi connectivity index (χ2v) is 9.78.